The summed E-state index contributed by atoms with van der Waals surface area (Å²) in [5, 5.41) is 0. The fourth-order valence-electron chi connectivity index (χ4n) is 3.21. The van der Waals surface area contributed by atoms with Gasteiger partial charge in [-0.1, -0.05) is 47.0 Å². The van der Waals surface area contributed by atoms with Crippen molar-refractivity contribution in [2.45, 2.75) is 85.5 Å². The lowest BCUT2D eigenvalue weighted by Crippen LogP contribution is -2.28. The molecule has 1 rings (SSSR count). The second-order valence-corrected chi connectivity index (χ2v) is 7.19. The Labute approximate surface area is 114 Å². The van der Waals surface area contributed by atoms with Gasteiger partial charge in [0.25, 0.3) is 0 Å². The normalized spacial score (nSPS) is 25.1. The SMILES string of the molecule is CCCCCCC(=O)C1CCC(C(C)(C)C)CC1. The molecule has 0 aliphatic heterocycles. The first-order valence-electron chi connectivity index (χ1n) is 7.98. The molecule has 1 nitrogen and oxygen atoms in total. The first-order chi connectivity index (χ1) is 8.45. The van der Waals surface area contributed by atoms with E-state index in [-0.39, 0.29) is 0 Å². The lowest BCUT2D eigenvalue weighted by Gasteiger charge is -2.36. The van der Waals surface area contributed by atoms with Crippen molar-refractivity contribution in [3.63, 3.8) is 0 Å². The van der Waals surface area contributed by atoms with Crippen molar-refractivity contribution in [1.82, 2.24) is 0 Å². The maximum absolute atomic E-state index is 12.1. The van der Waals surface area contributed by atoms with Crippen molar-refractivity contribution in [2.24, 2.45) is 17.3 Å². The van der Waals surface area contributed by atoms with Gasteiger partial charge in [-0.2, -0.15) is 0 Å². The lowest BCUT2D eigenvalue weighted by atomic mass is 9.69. The van der Waals surface area contributed by atoms with Crippen LogP contribution in [0.1, 0.15) is 85.5 Å². The summed E-state index contributed by atoms with van der Waals surface area (Å²) in [6, 6.07) is 0. The summed E-state index contributed by atoms with van der Waals surface area (Å²) in [5.74, 6) is 1.77. The van der Waals surface area contributed by atoms with E-state index in [2.05, 4.69) is 27.7 Å². The highest BCUT2D eigenvalue weighted by atomic mass is 16.1. The molecule has 1 aliphatic rings. The van der Waals surface area contributed by atoms with Crippen LogP contribution in [-0.4, -0.2) is 5.78 Å². The number of hydrogen-bond acceptors (Lipinski definition) is 1. The Hall–Kier alpha value is -0.330. The molecule has 1 saturated carbocycles. The van der Waals surface area contributed by atoms with Crippen LogP contribution in [0.3, 0.4) is 0 Å². The highest BCUT2D eigenvalue weighted by Crippen LogP contribution is 2.40. The second kappa shape index (κ2) is 7.31. The van der Waals surface area contributed by atoms with Gasteiger partial charge in [-0.25, -0.2) is 0 Å². The number of carbonyl (C=O) groups is 1. The van der Waals surface area contributed by atoms with Crippen LogP contribution in [-0.2, 0) is 4.79 Å². The van der Waals surface area contributed by atoms with Crippen LogP contribution in [0.15, 0.2) is 0 Å². The van der Waals surface area contributed by atoms with Crippen molar-refractivity contribution in [3.05, 3.63) is 0 Å². The van der Waals surface area contributed by atoms with Gasteiger partial charge in [-0.05, 0) is 43.4 Å². The van der Waals surface area contributed by atoms with E-state index in [1.165, 1.54) is 32.1 Å². The summed E-state index contributed by atoms with van der Waals surface area (Å²) in [6.45, 7) is 9.23. The maximum atomic E-state index is 12.1. The summed E-state index contributed by atoms with van der Waals surface area (Å²) in [4.78, 5) is 12.1. The fourth-order valence-corrected chi connectivity index (χ4v) is 3.21. The predicted molar refractivity (Wildman–Crippen MR) is 78.7 cm³/mol. The van der Waals surface area contributed by atoms with E-state index in [0.29, 0.717) is 17.1 Å². The van der Waals surface area contributed by atoms with Crippen LogP contribution < -0.4 is 0 Å². The molecule has 1 fully saturated rings. The van der Waals surface area contributed by atoms with Gasteiger partial charge in [0.1, 0.15) is 5.78 Å². The molecule has 0 bridgehead atoms. The summed E-state index contributed by atoms with van der Waals surface area (Å²) < 4.78 is 0. The molecule has 0 aromatic heterocycles. The number of ketones is 1. The van der Waals surface area contributed by atoms with E-state index < -0.39 is 0 Å². The second-order valence-electron chi connectivity index (χ2n) is 7.19. The maximum Gasteiger partial charge on any atom is 0.135 e. The predicted octanol–water partition coefficient (Wildman–Crippen LogP) is 5.38. The zero-order valence-electron chi connectivity index (χ0n) is 12.9. The Bertz CT molecular complexity index is 241. The van der Waals surface area contributed by atoms with Crippen molar-refractivity contribution in [1.29, 1.82) is 0 Å². The number of hydrogen-bond donors (Lipinski definition) is 0. The quantitative estimate of drug-likeness (QED) is 0.580. The molecule has 0 aromatic carbocycles. The van der Waals surface area contributed by atoms with Crippen molar-refractivity contribution >= 4 is 5.78 Å². The van der Waals surface area contributed by atoms with Gasteiger partial charge < -0.3 is 0 Å². The largest absolute Gasteiger partial charge is 0.299 e. The molecule has 0 saturated heterocycles. The smallest absolute Gasteiger partial charge is 0.135 e. The number of Topliss-reactive ketones (excluding diaryl/α,β-unsaturated/α-hetero) is 1. The Morgan fingerprint density at radius 1 is 1.00 bits per heavy atom. The van der Waals surface area contributed by atoms with Crippen molar-refractivity contribution < 1.29 is 4.79 Å². The molecule has 0 spiro atoms. The lowest BCUT2D eigenvalue weighted by molar-refractivity contribution is -0.124. The van der Waals surface area contributed by atoms with Gasteiger partial charge >= 0.3 is 0 Å². The Morgan fingerprint density at radius 3 is 2.11 bits per heavy atom. The zero-order chi connectivity index (χ0) is 13.6. The van der Waals surface area contributed by atoms with Crippen molar-refractivity contribution in [3.8, 4) is 0 Å². The van der Waals surface area contributed by atoms with Gasteiger partial charge in [-0.15, -0.1) is 0 Å². The van der Waals surface area contributed by atoms with E-state index in [9.17, 15) is 4.79 Å². The summed E-state index contributed by atoms with van der Waals surface area (Å²) in [7, 11) is 0. The molecule has 0 unspecified atom stereocenters. The zero-order valence-corrected chi connectivity index (χ0v) is 12.9. The van der Waals surface area contributed by atoms with Gasteiger partial charge in [0, 0.05) is 12.3 Å². The van der Waals surface area contributed by atoms with E-state index in [4.69, 9.17) is 0 Å². The van der Waals surface area contributed by atoms with Gasteiger partial charge in [-0.3, -0.25) is 4.79 Å². The van der Waals surface area contributed by atoms with Crippen LogP contribution in [0.2, 0.25) is 0 Å². The molecule has 0 N–H and O–H groups in total. The Balaban J connectivity index is 2.23. The van der Waals surface area contributed by atoms with E-state index >= 15 is 0 Å². The van der Waals surface area contributed by atoms with Crippen molar-refractivity contribution in [2.75, 3.05) is 0 Å². The van der Waals surface area contributed by atoms with Gasteiger partial charge in [0.05, 0.1) is 0 Å². The van der Waals surface area contributed by atoms with Crippen LogP contribution in [0.5, 0.6) is 0 Å². The fraction of sp³-hybridized carbons (Fsp3) is 0.941. The minimum atomic E-state index is 0.394. The molecule has 106 valence electrons. The average Bonchev–Trinajstić information content (AvgIpc) is 2.33. The molecule has 0 amide bonds. The third-order valence-corrected chi connectivity index (χ3v) is 4.68. The molecule has 1 aliphatic carbocycles. The molecular weight excluding hydrogens is 220 g/mol. The molecule has 0 heterocycles. The highest BCUT2D eigenvalue weighted by molar-refractivity contribution is 5.81. The van der Waals surface area contributed by atoms with E-state index in [0.717, 1.165) is 31.6 Å². The van der Waals surface area contributed by atoms with Crippen LogP contribution in [0.25, 0.3) is 0 Å². The number of carbonyl (C=O) groups excluding carboxylic acids is 1. The average molecular weight is 252 g/mol. The van der Waals surface area contributed by atoms with Gasteiger partial charge in [0.2, 0.25) is 0 Å². The summed E-state index contributed by atoms with van der Waals surface area (Å²) in [5.41, 5.74) is 0.426. The standard InChI is InChI=1S/C17H32O/c1-5-6-7-8-9-16(18)14-10-12-15(13-11-14)17(2,3)4/h14-15H,5-13H2,1-4H3. The minimum Gasteiger partial charge on any atom is -0.299 e. The molecule has 18 heavy (non-hydrogen) atoms. The first-order valence-corrected chi connectivity index (χ1v) is 7.98. The topological polar surface area (TPSA) is 17.1 Å². The summed E-state index contributed by atoms with van der Waals surface area (Å²) >= 11 is 0. The Kier molecular flexibility index (Phi) is 6.38. The summed E-state index contributed by atoms with van der Waals surface area (Å²) in [6.07, 6.45) is 10.5. The van der Waals surface area contributed by atoms with Crippen LogP contribution in [0.4, 0.5) is 0 Å². The number of rotatable bonds is 6. The Morgan fingerprint density at radius 2 is 1.61 bits per heavy atom. The molecular formula is C17H32O. The van der Waals surface area contributed by atoms with E-state index in [1.807, 2.05) is 0 Å². The number of unbranched alkanes of at least 4 members (excludes halogenated alkanes) is 3. The highest BCUT2D eigenvalue weighted by Gasteiger charge is 2.31. The third-order valence-electron chi connectivity index (χ3n) is 4.68. The molecule has 0 aromatic rings. The van der Waals surface area contributed by atoms with Crippen LogP contribution >= 0.6 is 0 Å². The van der Waals surface area contributed by atoms with Crippen LogP contribution in [0, 0.1) is 17.3 Å². The van der Waals surface area contributed by atoms with Gasteiger partial charge in [0.15, 0.2) is 0 Å². The third kappa shape index (κ3) is 5.12. The molecule has 0 atom stereocenters. The minimum absolute atomic E-state index is 0.394. The molecule has 1 heteroatoms. The molecule has 0 radical (unpaired) electrons. The first kappa shape index (κ1) is 15.7. The monoisotopic (exact) mass is 252 g/mol. The van der Waals surface area contributed by atoms with E-state index in [1.54, 1.807) is 0 Å².